The lowest BCUT2D eigenvalue weighted by Gasteiger charge is -2.30. The van der Waals surface area contributed by atoms with Gasteiger partial charge in [0.05, 0.1) is 5.92 Å². The number of amides is 1. The average Bonchev–Trinajstić information content (AvgIpc) is 2.36. The number of carbonyl (C=O) groups is 1. The first-order chi connectivity index (χ1) is 8.67. The Morgan fingerprint density at radius 2 is 2.00 bits per heavy atom. The van der Waals surface area contributed by atoms with Gasteiger partial charge in [0.1, 0.15) is 0 Å². The molecule has 0 aromatic heterocycles. The van der Waals surface area contributed by atoms with Crippen molar-refractivity contribution >= 4 is 5.91 Å². The molecule has 2 atom stereocenters. The van der Waals surface area contributed by atoms with E-state index in [1.165, 1.54) is 32.4 Å². The van der Waals surface area contributed by atoms with E-state index in [1.807, 2.05) is 0 Å². The van der Waals surface area contributed by atoms with Crippen LogP contribution in [0.4, 0.5) is 0 Å². The molecule has 0 bridgehead atoms. The fraction of sp³-hybridized carbons (Fsp3) is 0.929. The molecule has 1 saturated heterocycles. The zero-order chi connectivity index (χ0) is 13.4. The Labute approximate surface area is 111 Å². The van der Waals surface area contributed by atoms with Gasteiger partial charge in [-0.05, 0) is 39.3 Å². The summed E-state index contributed by atoms with van der Waals surface area (Å²) in [4.78, 5) is 14.5. The van der Waals surface area contributed by atoms with Gasteiger partial charge in [0.2, 0.25) is 5.91 Å². The summed E-state index contributed by atoms with van der Waals surface area (Å²) < 4.78 is 0. The predicted octanol–water partition coefficient (Wildman–Crippen LogP) is 1.35. The summed E-state index contributed by atoms with van der Waals surface area (Å²) in [5.74, 6) is 0.114. The summed E-state index contributed by atoms with van der Waals surface area (Å²) >= 11 is 0. The Morgan fingerprint density at radius 3 is 2.56 bits per heavy atom. The van der Waals surface area contributed by atoms with Crippen LogP contribution in [-0.4, -0.2) is 43.0 Å². The van der Waals surface area contributed by atoms with Crippen molar-refractivity contribution in [3.63, 3.8) is 0 Å². The summed E-state index contributed by atoms with van der Waals surface area (Å²) in [6, 6.07) is 0.224. The number of piperidine rings is 1. The van der Waals surface area contributed by atoms with E-state index in [4.69, 9.17) is 5.73 Å². The van der Waals surface area contributed by atoms with Crippen LogP contribution in [0.5, 0.6) is 0 Å². The van der Waals surface area contributed by atoms with Crippen molar-refractivity contribution in [2.24, 2.45) is 11.7 Å². The first kappa shape index (κ1) is 15.4. The van der Waals surface area contributed by atoms with Gasteiger partial charge in [-0.15, -0.1) is 0 Å². The molecule has 4 nitrogen and oxygen atoms in total. The van der Waals surface area contributed by atoms with Gasteiger partial charge in [-0.1, -0.05) is 19.8 Å². The number of likely N-dealkylation sites (tertiary alicyclic amines) is 1. The van der Waals surface area contributed by atoms with Gasteiger partial charge < -0.3 is 16.0 Å². The molecule has 0 spiro atoms. The van der Waals surface area contributed by atoms with Gasteiger partial charge >= 0.3 is 0 Å². The predicted molar refractivity (Wildman–Crippen MR) is 75.3 cm³/mol. The molecule has 106 valence electrons. The van der Waals surface area contributed by atoms with Gasteiger partial charge in [-0.25, -0.2) is 0 Å². The van der Waals surface area contributed by atoms with E-state index in [0.29, 0.717) is 6.54 Å². The van der Waals surface area contributed by atoms with Gasteiger partial charge in [0.25, 0.3) is 0 Å². The van der Waals surface area contributed by atoms with E-state index in [1.54, 1.807) is 0 Å². The van der Waals surface area contributed by atoms with Crippen molar-refractivity contribution in [3.05, 3.63) is 0 Å². The number of nitrogens with two attached hydrogens (primary N) is 1. The van der Waals surface area contributed by atoms with E-state index in [0.717, 1.165) is 19.4 Å². The average molecular weight is 255 g/mol. The van der Waals surface area contributed by atoms with Crippen molar-refractivity contribution in [2.75, 3.05) is 26.2 Å². The molecule has 0 aromatic carbocycles. The highest BCUT2D eigenvalue weighted by Gasteiger charge is 2.19. The highest BCUT2D eigenvalue weighted by atomic mass is 16.1. The number of nitrogens with zero attached hydrogens (tertiary/aromatic N) is 1. The van der Waals surface area contributed by atoms with E-state index in [2.05, 4.69) is 24.1 Å². The first-order valence-corrected chi connectivity index (χ1v) is 7.40. The molecule has 1 aliphatic heterocycles. The lowest BCUT2D eigenvalue weighted by Crippen LogP contribution is -2.46. The summed E-state index contributed by atoms with van der Waals surface area (Å²) in [5, 5.41) is 3.10. The molecule has 2 unspecified atom stereocenters. The fourth-order valence-corrected chi connectivity index (χ4v) is 2.64. The smallest absolute Gasteiger partial charge is 0.224 e. The maximum atomic E-state index is 12.0. The highest BCUT2D eigenvalue weighted by Crippen LogP contribution is 2.09. The molecular weight excluding hydrogens is 226 g/mol. The van der Waals surface area contributed by atoms with Crippen LogP contribution in [0.25, 0.3) is 0 Å². The van der Waals surface area contributed by atoms with Crippen LogP contribution in [0.15, 0.2) is 0 Å². The van der Waals surface area contributed by atoms with Crippen LogP contribution < -0.4 is 11.1 Å². The third-order valence-corrected chi connectivity index (χ3v) is 3.66. The molecule has 0 aromatic rings. The van der Waals surface area contributed by atoms with Gasteiger partial charge in [0, 0.05) is 19.1 Å². The van der Waals surface area contributed by atoms with Crippen LogP contribution in [0, 0.1) is 5.92 Å². The highest BCUT2D eigenvalue weighted by molar-refractivity contribution is 5.79. The molecule has 1 heterocycles. The second kappa shape index (κ2) is 8.48. The molecule has 0 saturated carbocycles. The van der Waals surface area contributed by atoms with Crippen molar-refractivity contribution in [2.45, 2.75) is 52.0 Å². The van der Waals surface area contributed by atoms with E-state index < -0.39 is 0 Å². The Morgan fingerprint density at radius 1 is 1.33 bits per heavy atom. The number of hydrogen-bond acceptors (Lipinski definition) is 3. The van der Waals surface area contributed by atoms with E-state index >= 15 is 0 Å². The molecule has 0 radical (unpaired) electrons. The minimum absolute atomic E-state index is 0.0150. The molecule has 1 rings (SSSR count). The van der Waals surface area contributed by atoms with Crippen LogP contribution in [0.3, 0.4) is 0 Å². The molecule has 4 heteroatoms. The minimum Gasteiger partial charge on any atom is -0.352 e. The largest absolute Gasteiger partial charge is 0.352 e. The number of nitrogens with one attached hydrogen (secondary N) is 1. The molecule has 0 aliphatic carbocycles. The third kappa shape index (κ3) is 5.36. The van der Waals surface area contributed by atoms with Crippen LogP contribution >= 0.6 is 0 Å². The molecule has 18 heavy (non-hydrogen) atoms. The van der Waals surface area contributed by atoms with Crippen LogP contribution in [0.2, 0.25) is 0 Å². The number of rotatable bonds is 7. The lowest BCUT2D eigenvalue weighted by atomic mass is 10.0. The van der Waals surface area contributed by atoms with Crippen LogP contribution in [-0.2, 0) is 4.79 Å². The third-order valence-electron chi connectivity index (χ3n) is 3.66. The lowest BCUT2D eigenvalue weighted by molar-refractivity contribution is -0.125. The maximum absolute atomic E-state index is 12.0. The Kier molecular flexibility index (Phi) is 7.28. The number of carbonyl (C=O) groups excluding carboxylic acids is 1. The quantitative estimate of drug-likeness (QED) is 0.722. The van der Waals surface area contributed by atoms with Crippen molar-refractivity contribution < 1.29 is 4.79 Å². The summed E-state index contributed by atoms with van der Waals surface area (Å²) in [7, 11) is 0. The van der Waals surface area contributed by atoms with Crippen molar-refractivity contribution in [1.82, 2.24) is 10.2 Å². The zero-order valence-electron chi connectivity index (χ0n) is 12.0. The second-order valence-electron chi connectivity index (χ2n) is 5.49. The molecule has 1 aliphatic rings. The van der Waals surface area contributed by atoms with Crippen molar-refractivity contribution in [3.8, 4) is 0 Å². The van der Waals surface area contributed by atoms with E-state index in [-0.39, 0.29) is 17.9 Å². The molecular formula is C14H29N3O. The fourth-order valence-electron chi connectivity index (χ4n) is 2.64. The molecule has 3 N–H and O–H groups in total. The second-order valence-corrected chi connectivity index (χ2v) is 5.49. The van der Waals surface area contributed by atoms with Gasteiger partial charge in [0.15, 0.2) is 0 Å². The zero-order valence-corrected chi connectivity index (χ0v) is 12.0. The molecule has 1 amide bonds. The summed E-state index contributed by atoms with van der Waals surface area (Å²) in [5.41, 5.74) is 5.65. The Bertz CT molecular complexity index is 239. The van der Waals surface area contributed by atoms with Gasteiger partial charge in [-0.2, -0.15) is 0 Å². The topological polar surface area (TPSA) is 58.4 Å². The monoisotopic (exact) mass is 255 g/mol. The van der Waals surface area contributed by atoms with Gasteiger partial charge in [-0.3, -0.25) is 4.79 Å². The SMILES string of the molecule is CCCC(CN)C(=O)NC(C)CN1CCCCC1. The summed E-state index contributed by atoms with van der Waals surface area (Å²) in [6.07, 6.45) is 5.83. The Hall–Kier alpha value is -0.610. The minimum atomic E-state index is -0.0150. The first-order valence-electron chi connectivity index (χ1n) is 7.40. The normalized spacial score (nSPS) is 20.4. The van der Waals surface area contributed by atoms with Crippen molar-refractivity contribution in [1.29, 1.82) is 0 Å². The maximum Gasteiger partial charge on any atom is 0.224 e. The molecule has 1 fully saturated rings. The summed E-state index contributed by atoms with van der Waals surface area (Å²) in [6.45, 7) is 7.95. The van der Waals surface area contributed by atoms with Crippen LogP contribution in [0.1, 0.15) is 46.0 Å². The Balaban J connectivity index is 2.28. The number of hydrogen-bond donors (Lipinski definition) is 2. The standard InChI is InChI=1S/C14H29N3O/c1-3-7-13(10-15)14(18)16-12(2)11-17-8-5-4-6-9-17/h12-13H,3-11,15H2,1-2H3,(H,16,18). The van der Waals surface area contributed by atoms with E-state index in [9.17, 15) is 4.79 Å².